The average molecular weight is 432 g/mol. The van der Waals surface area contributed by atoms with Crippen molar-refractivity contribution in [2.24, 2.45) is 5.92 Å². The number of rotatable bonds is 8. The summed E-state index contributed by atoms with van der Waals surface area (Å²) in [4.78, 5) is 27.0. The van der Waals surface area contributed by atoms with E-state index in [1.54, 1.807) is 12.1 Å². The zero-order chi connectivity index (χ0) is 21.5. The number of aromatic nitrogens is 3. The van der Waals surface area contributed by atoms with Crippen molar-refractivity contribution in [2.75, 3.05) is 32.1 Å². The number of hydrogen-bond donors (Lipinski definition) is 1. The van der Waals surface area contributed by atoms with Crippen molar-refractivity contribution in [3.05, 3.63) is 41.7 Å². The Kier molecular flexibility index (Phi) is 7.87. The van der Waals surface area contributed by atoms with E-state index in [-0.39, 0.29) is 23.8 Å². The van der Waals surface area contributed by atoms with Gasteiger partial charge in [0.15, 0.2) is 11.0 Å². The van der Waals surface area contributed by atoms with Crippen LogP contribution in [0, 0.1) is 5.92 Å². The molecule has 1 atom stereocenters. The maximum absolute atomic E-state index is 12.7. The molecule has 1 aliphatic heterocycles. The molecule has 30 heavy (non-hydrogen) atoms. The summed E-state index contributed by atoms with van der Waals surface area (Å²) in [6.45, 7) is 9.18. The molecule has 3 rings (SSSR count). The molecule has 1 aromatic heterocycles. The Bertz CT molecular complexity index is 850. The predicted molar refractivity (Wildman–Crippen MR) is 115 cm³/mol. The van der Waals surface area contributed by atoms with Crippen molar-refractivity contribution >= 4 is 23.6 Å². The fraction of sp³-hybridized carbons (Fsp3) is 0.524. The molecule has 2 aromatic rings. The van der Waals surface area contributed by atoms with Crippen molar-refractivity contribution < 1.29 is 14.3 Å². The van der Waals surface area contributed by atoms with Crippen molar-refractivity contribution in [2.45, 2.75) is 38.5 Å². The minimum Gasteiger partial charge on any atom is -0.378 e. The van der Waals surface area contributed by atoms with Gasteiger partial charge in [-0.15, -0.1) is 10.2 Å². The Labute approximate surface area is 181 Å². The number of hydrogen-bond acceptors (Lipinski definition) is 6. The summed E-state index contributed by atoms with van der Waals surface area (Å²) in [5.41, 5.74) is 0.608. The third kappa shape index (κ3) is 5.40. The van der Waals surface area contributed by atoms with Crippen LogP contribution >= 0.6 is 11.8 Å². The molecule has 1 N–H and O–H groups in total. The lowest BCUT2D eigenvalue weighted by Gasteiger charge is -2.26. The van der Waals surface area contributed by atoms with Crippen molar-refractivity contribution in [3.8, 4) is 0 Å². The second kappa shape index (κ2) is 10.6. The molecule has 1 saturated heterocycles. The first-order valence-electron chi connectivity index (χ1n) is 10.3. The Morgan fingerprint density at radius 3 is 2.50 bits per heavy atom. The highest BCUT2D eigenvalue weighted by Gasteiger charge is 2.26. The second-order valence-corrected chi connectivity index (χ2v) is 8.37. The molecule has 2 heterocycles. The Hall–Kier alpha value is -2.39. The average Bonchev–Trinajstić information content (AvgIpc) is 3.19. The van der Waals surface area contributed by atoms with E-state index in [1.807, 2.05) is 48.4 Å². The van der Waals surface area contributed by atoms with Crippen LogP contribution in [-0.2, 0) is 16.1 Å². The van der Waals surface area contributed by atoms with Gasteiger partial charge in [0.05, 0.1) is 25.0 Å². The normalized spacial score (nSPS) is 15.3. The number of benzene rings is 1. The predicted octanol–water partition coefficient (Wildman–Crippen LogP) is 2.38. The minimum absolute atomic E-state index is 0.0771. The largest absolute Gasteiger partial charge is 0.378 e. The van der Waals surface area contributed by atoms with Crippen LogP contribution in [0.5, 0.6) is 0 Å². The van der Waals surface area contributed by atoms with Gasteiger partial charge in [0.2, 0.25) is 5.91 Å². The van der Waals surface area contributed by atoms with Crippen LogP contribution < -0.4 is 5.32 Å². The van der Waals surface area contributed by atoms with Crippen LogP contribution in [0.2, 0.25) is 0 Å². The summed E-state index contributed by atoms with van der Waals surface area (Å²) in [6, 6.07) is 8.86. The molecule has 1 aliphatic rings. The minimum atomic E-state index is -0.283. The summed E-state index contributed by atoms with van der Waals surface area (Å²) in [5.74, 6) is 1.07. The second-order valence-electron chi connectivity index (χ2n) is 7.43. The maximum Gasteiger partial charge on any atom is 0.251 e. The van der Waals surface area contributed by atoms with E-state index in [0.717, 1.165) is 0 Å². The molecule has 1 fully saturated rings. The highest BCUT2D eigenvalue weighted by molar-refractivity contribution is 7.99. The van der Waals surface area contributed by atoms with Crippen LogP contribution in [0.25, 0.3) is 0 Å². The molecule has 8 nitrogen and oxygen atoms in total. The molecule has 0 radical (unpaired) electrons. The van der Waals surface area contributed by atoms with Gasteiger partial charge in [-0.25, -0.2) is 0 Å². The lowest BCUT2D eigenvalue weighted by molar-refractivity contribution is -0.132. The number of ether oxygens (including phenoxy) is 1. The monoisotopic (exact) mass is 431 g/mol. The molecule has 0 aliphatic carbocycles. The standard InChI is InChI=1S/C21H29N5O3S/c1-4-26-19(18(15(2)3)22-20(28)16-8-6-5-7-9-16)23-24-21(26)30-14-17(27)25-10-12-29-13-11-25/h5-9,15,18H,4,10-14H2,1-3H3,(H,22,28). The molecule has 0 spiro atoms. The number of carbonyl (C=O) groups is 2. The van der Waals surface area contributed by atoms with Crippen molar-refractivity contribution in [3.63, 3.8) is 0 Å². The Balaban J connectivity index is 1.71. The zero-order valence-electron chi connectivity index (χ0n) is 17.7. The first-order chi connectivity index (χ1) is 14.5. The number of nitrogens with zero attached hydrogens (tertiary/aromatic N) is 4. The Morgan fingerprint density at radius 2 is 1.87 bits per heavy atom. The van der Waals surface area contributed by atoms with Gasteiger partial charge >= 0.3 is 0 Å². The van der Waals surface area contributed by atoms with Gasteiger partial charge in [0, 0.05) is 25.2 Å². The number of amides is 2. The summed E-state index contributed by atoms with van der Waals surface area (Å²) in [5, 5.41) is 12.5. The Morgan fingerprint density at radius 1 is 1.17 bits per heavy atom. The molecule has 1 aromatic carbocycles. The van der Waals surface area contributed by atoms with E-state index in [2.05, 4.69) is 15.5 Å². The fourth-order valence-corrected chi connectivity index (χ4v) is 4.22. The molecular formula is C21H29N5O3S. The van der Waals surface area contributed by atoms with E-state index < -0.39 is 0 Å². The van der Waals surface area contributed by atoms with E-state index in [4.69, 9.17) is 4.74 Å². The zero-order valence-corrected chi connectivity index (χ0v) is 18.5. The van der Waals surface area contributed by atoms with E-state index >= 15 is 0 Å². The van der Waals surface area contributed by atoms with Crippen LogP contribution in [0.3, 0.4) is 0 Å². The number of nitrogens with one attached hydrogen (secondary N) is 1. The number of carbonyl (C=O) groups excluding carboxylic acids is 2. The highest BCUT2D eigenvalue weighted by atomic mass is 32.2. The van der Waals surface area contributed by atoms with Gasteiger partial charge in [0.25, 0.3) is 5.91 Å². The smallest absolute Gasteiger partial charge is 0.251 e. The molecule has 9 heteroatoms. The molecule has 0 bridgehead atoms. The van der Waals surface area contributed by atoms with E-state index in [9.17, 15) is 9.59 Å². The lowest BCUT2D eigenvalue weighted by atomic mass is 10.0. The molecule has 1 unspecified atom stereocenters. The van der Waals surface area contributed by atoms with E-state index in [0.29, 0.717) is 55.1 Å². The summed E-state index contributed by atoms with van der Waals surface area (Å²) in [7, 11) is 0. The van der Waals surface area contributed by atoms with Gasteiger partial charge in [-0.2, -0.15) is 0 Å². The van der Waals surface area contributed by atoms with Crippen LogP contribution in [0.1, 0.15) is 43.0 Å². The van der Waals surface area contributed by atoms with Crippen LogP contribution in [0.15, 0.2) is 35.5 Å². The summed E-state index contributed by atoms with van der Waals surface area (Å²) >= 11 is 1.38. The van der Waals surface area contributed by atoms with Crippen molar-refractivity contribution in [1.29, 1.82) is 0 Å². The number of thioether (sulfide) groups is 1. The molecule has 2 amide bonds. The molecular weight excluding hydrogens is 402 g/mol. The SMILES string of the molecule is CCn1c(SCC(=O)N2CCOCC2)nnc1C(NC(=O)c1ccccc1)C(C)C. The van der Waals surface area contributed by atoms with E-state index in [1.165, 1.54) is 11.8 Å². The summed E-state index contributed by atoms with van der Waals surface area (Å²) < 4.78 is 7.28. The van der Waals surface area contributed by atoms with Crippen LogP contribution in [0.4, 0.5) is 0 Å². The first-order valence-corrected chi connectivity index (χ1v) is 11.3. The molecule has 162 valence electrons. The van der Waals surface area contributed by atoms with Gasteiger partial charge in [-0.1, -0.05) is 43.8 Å². The van der Waals surface area contributed by atoms with Gasteiger partial charge in [0.1, 0.15) is 0 Å². The lowest BCUT2D eigenvalue weighted by Crippen LogP contribution is -2.41. The number of morpholine rings is 1. The molecule has 0 saturated carbocycles. The fourth-order valence-electron chi connectivity index (χ4n) is 3.31. The highest BCUT2D eigenvalue weighted by Crippen LogP contribution is 2.25. The van der Waals surface area contributed by atoms with Crippen molar-refractivity contribution in [1.82, 2.24) is 25.0 Å². The summed E-state index contributed by atoms with van der Waals surface area (Å²) in [6.07, 6.45) is 0. The quantitative estimate of drug-likeness (QED) is 0.646. The van der Waals surface area contributed by atoms with Gasteiger partial charge in [-0.3, -0.25) is 9.59 Å². The first kappa shape index (κ1) is 22.3. The third-order valence-electron chi connectivity index (χ3n) is 5.02. The van der Waals surface area contributed by atoms with Gasteiger partial charge < -0.3 is 19.5 Å². The third-order valence-corrected chi connectivity index (χ3v) is 5.97. The van der Waals surface area contributed by atoms with Gasteiger partial charge in [-0.05, 0) is 25.0 Å². The van der Waals surface area contributed by atoms with Crippen LogP contribution in [-0.4, -0.2) is 63.5 Å². The topological polar surface area (TPSA) is 89.3 Å². The maximum atomic E-state index is 12.7.